The molecule has 0 radical (unpaired) electrons. The Morgan fingerprint density at radius 1 is 1.33 bits per heavy atom. The van der Waals surface area contributed by atoms with Gasteiger partial charge < -0.3 is 24.8 Å². The van der Waals surface area contributed by atoms with Gasteiger partial charge in [0.1, 0.15) is 6.61 Å². The summed E-state index contributed by atoms with van der Waals surface area (Å²) < 4.78 is 11.5. The minimum Gasteiger partial charge on any atom is -0.484 e. The first-order chi connectivity index (χ1) is 8.88. The Hall–Kier alpha value is -1.46. The van der Waals surface area contributed by atoms with Crippen molar-refractivity contribution in [2.24, 2.45) is 0 Å². The lowest BCUT2D eigenvalue weighted by Crippen LogP contribution is -2.44. The maximum Gasteiger partial charge on any atom is 0.184 e. The number of benzene rings is 1. The molecule has 0 aliphatic carbocycles. The molecule has 0 spiro atoms. The number of hydrogen-bond acceptors (Lipinski definition) is 5. The molecule has 0 aromatic heterocycles. The second-order valence-corrected chi connectivity index (χ2v) is 4.57. The summed E-state index contributed by atoms with van der Waals surface area (Å²) in [6.07, 6.45) is -0.254. The SMILES string of the molecule is OC[C@@H]1COc2c(cccc2N2CCNCC2)O1. The monoisotopic (exact) mass is 250 g/mol. The largest absolute Gasteiger partial charge is 0.484 e. The van der Waals surface area contributed by atoms with Gasteiger partial charge in [0.05, 0.1) is 12.3 Å². The molecular formula is C13H18N2O3. The number of para-hydroxylation sites is 1. The van der Waals surface area contributed by atoms with Crippen molar-refractivity contribution in [3.8, 4) is 11.5 Å². The van der Waals surface area contributed by atoms with Crippen LogP contribution in [-0.4, -0.2) is 50.6 Å². The molecule has 1 atom stereocenters. The van der Waals surface area contributed by atoms with Crippen LogP contribution in [0.25, 0.3) is 0 Å². The Balaban J connectivity index is 1.87. The number of piperazine rings is 1. The van der Waals surface area contributed by atoms with Gasteiger partial charge in [0.25, 0.3) is 0 Å². The van der Waals surface area contributed by atoms with E-state index in [4.69, 9.17) is 14.6 Å². The van der Waals surface area contributed by atoms with Crippen molar-refractivity contribution in [2.45, 2.75) is 6.10 Å². The minimum absolute atomic E-state index is 0.0166. The summed E-state index contributed by atoms with van der Waals surface area (Å²) in [6, 6.07) is 5.93. The molecule has 2 heterocycles. The van der Waals surface area contributed by atoms with Gasteiger partial charge in [-0.3, -0.25) is 0 Å². The number of nitrogens with zero attached hydrogens (tertiary/aromatic N) is 1. The van der Waals surface area contributed by atoms with Crippen LogP contribution in [-0.2, 0) is 0 Å². The van der Waals surface area contributed by atoms with Crippen LogP contribution in [0.1, 0.15) is 0 Å². The zero-order chi connectivity index (χ0) is 12.4. The number of ether oxygens (including phenoxy) is 2. The van der Waals surface area contributed by atoms with Gasteiger partial charge in [0.15, 0.2) is 17.6 Å². The van der Waals surface area contributed by atoms with Crippen LogP contribution in [0.3, 0.4) is 0 Å². The number of nitrogens with one attached hydrogen (secondary N) is 1. The lowest BCUT2D eigenvalue weighted by Gasteiger charge is -2.33. The molecule has 0 saturated carbocycles. The van der Waals surface area contributed by atoms with Crippen LogP contribution in [0.4, 0.5) is 5.69 Å². The first-order valence-electron chi connectivity index (χ1n) is 6.37. The van der Waals surface area contributed by atoms with Gasteiger partial charge in [-0.2, -0.15) is 0 Å². The zero-order valence-corrected chi connectivity index (χ0v) is 10.3. The van der Waals surface area contributed by atoms with Crippen LogP contribution in [0.5, 0.6) is 11.5 Å². The number of rotatable bonds is 2. The van der Waals surface area contributed by atoms with Gasteiger partial charge in [-0.25, -0.2) is 0 Å². The zero-order valence-electron chi connectivity index (χ0n) is 10.3. The van der Waals surface area contributed by atoms with Crippen molar-refractivity contribution in [3.63, 3.8) is 0 Å². The molecule has 5 heteroatoms. The van der Waals surface area contributed by atoms with E-state index in [1.54, 1.807) is 0 Å². The summed E-state index contributed by atoms with van der Waals surface area (Å²) in [4.78, 5) is 2.30. The Morgan fingerprint density at radius 2 is 2.17 bits per heavy atom. The number of aliphatic hydroxyl groups excluding tert-OH is 1. The molecule has 1 fully saturated rings. The van der Waals surface area contributed by atoms with Crippen LogP contribution in [0.15, 0.2) is 18.2 Å². The molecule has 0 bridgehead atoms. The molecule has 1 aromatic rings. The van der Waals surface area contributed by atoms with Crippen LogP contribution in [0.2, 0.25) is 0 Å². The van der Waals surface area contributed by atoms with Gasteiger partial charge in [-0.1, -0.05) is 6.07 Å². The predicted octanol–water partition coefficient (Wildman–Crippen LogP) is 0.228. The fraction of sp³-hybridized carbons (Fsp3) is 0.538. The fourth-order valence-electron chi connectivity index (χ4n) is 2.38. The minimum atomic E-state index is -0.254. The standard InChI is InChI=1S/C13H18N2O3/c16-8-10-9-17-13-11(2-1-3-12(13)18-10)15-6-4-14-5-7-15/h1-3,10,14,16H,4-9H2/t10-/m1/s1. The predicted molar refractivity (Wildman–Crippen MR) is 68.5 cm³/mol. The van der Waals surface area contributed by atoms with E-state index < -0.39 is 0 Å². The number of aliphatic hydroxyl groups is 1. The highest BCUT2D eigenvalue weighted by molar-refractivity contribution is 5.65. The highest BCUT2D eigenvalue weighted by Gasteiger charge is 2.25. The van der Waals surface area contributed by atoms with Crippen LogP contribution < -0.4 is 19.7 Å². The molecule has 3 rings (SSSR count). The van der Waals surface area contributed by atoms with E-state index >= 15 is 0 Å². The Kier molecular flexibility index (Phi) is 3.25. The normalized spacial score (nSPS) is 22.9. The number of fused-ring (bicyclic) bond motifs is 1. The molecule has 2 aliphatic rings. The third-order valence-electron chi connectivity index (χ3n) is 3.33. The van der Waals surface area contributed by atoms with Gasteiger partial charge in [-0.05, 0) is 12.1 Å². The van der Waals surface area contributed by atoms with Crippen LogP contribution >= 0.6 is 0 Å². The summed E-state index contributed by atoms with van der Waals surface area (Å²) >= 11 is 0. The van der Waals surface area contributed by atoms with Crippen molar-refractivity contribution >= 4 is 5.69 Å². The van der Waals surface area contributed by atoms with Gasteiger partial charge in [-0.15, -0.1) is 0 Å². The first kappa shape index (κ1) is 11.6. The van der Waals surface area contributed by atoms with Crippen molar-refractivity contribution in [1.82, 2.24) is 5.32 Å². The molecule has 2 N–H and O–H groups in total. The summed E-state index contributed by atoms with van der Waals surface area (Å²) in [5, 5.41) is 12.4. The molecule has 0 unspecified atom stereocenters. The molecule has 1 saturated heterocycles. The van der Waals surface area contributed by atoms with E-state index in [1.807, 2.05) is 12.1 Å². The molecule has 98 valence electrons. The van der Waals surface area contributed by atoms with Gasteiger partial charge in [0, 0.05) is 26.2 Å². The van der Waals surface area contributed by atoms with E-state index in [9.17, 15) is 0 Å². The smallest absolute Gasteiger partial charge is 0.184 e. The number of anilines is 1. The lowest BCUT2D eigenvalue weighted by molar-refractivity contribution is 0.0459. The van der Waals surface area contributed by atoms with Crippen molar-refractivity contribution in [2.75, 3.05) is 44.3 Å². The van der Waals surface area contributed by atoms with E-state index in [0.29, 0.717) is 6.61 Å². The average molecular weight is 250 g/mol. The highest BCUT2D eigenvalue weighted by Crippen LogP contribution is 2.40. The van der Waals surface area contributed by atoms with Gasteiger partial charge in [0.2, 0.25) is 0 Å². The van der Waals surface area contributed by atoms with E-state index in [2.05, 4.69) is 16.3 Å². The van der Waals surface area contributed by atoms with E-state index in [0.717, 1.165) is 43.4 Å². The molecule has 5 nitrogen and oxygen atoms in total. The van der Waals surface area contributed by atoms with E-state index in [-0.39, 0.29) is 12.7 Å². The maximum absolute atomic E-state index is 9.11. The fourth-order valence-corrected chi connectivity index (χ4v) is 2.38. The molecule has 0 amide bonds. The molecular weight excluding hydrogens is 232 g/mol. The van der Waals surface area contributed by atoms with Crippen molar-refractivity contribution in [3.05, 3.63) is 18.2 Å². The van der Waals surface area contributed by atoms with Crippen LogP contribution in [0, 0.1) is 0 Å². The Bertz CT molecular complexity index is 419. The maximum atomic E-state index is 9.11. The summed E-state index contributed by atoms with van der Waals surface area (Å²) in [7, 11) is 0. The molecule has 2 aliphatic heterocycles. The number of hydrogen-bond donors (Lipinski definition) is 2. The Labute approximate surface area is 106 Å². The third kappa shape index (κ3) is 2.11. The Morgan fingerprint density at radius 3 is 2.94 bits per heavy atom. The lowest BCUT2D eigenvalue weighted by atomic mass is 10.2. The quantitative estimate of drug-likeness (QED) is 0.787. The van der Waals surface area contributed by atoms with Crippen molar-refractivity contribution < 1.29 is 14.6 Å². The highest BCUT2D eigenvalue weighted by atomic mass is 16.6. The van der Waals surface area contributed by atoms with E-state index in [1.165, 1.54) is 0 Å². The summed E-state index contributed by atoms with van der Waals surface area (Å²) in [5.74, 6) is 1.54. The molecule has 18 heavy (non-hydrogen) atoms. The first-order valence-corrected chi connectivity index (χ1v) is 6.37. The summed E-state index contributed by atoms with van der Waals surface area (Å²) in [5.41, 5.74) is 1.09. The molecule has 1 aromatic carbocycles. The van der Waals surface area contributed by atoms with Gasteiger partial charge >= 0.3 is 0 Å². The second kappa shape index (κ2) is 5.04. The average Bonchev–Trinajstić information content (AvgIpc) is 2.47. The van der Waals surface area contributed by atoms with Crippen molar-refractivity contribution in [1.29, 1.82) is 0 Å². The summed E-state index contributed by atoms with van der Waals surface area (Å²) in [6.45, 7) is 4.32. The third-order valence-corrected chi connectivity index (χ3v) is 3.33. The second-order valence-electron chi connectivity index (χ2n) is 4.57. The topological polar surface area (TPSA) is 54.0 Å².